The molecule has 0 aromatic rings. The van der Waals surface area contributed by atoms with E-state index in [1.54, 1.807) is 0 Å². The third-order valence-corrected chi connectivity index (χ3v) is 10.2. The van der Waals surface area contributed by atoms with E-state index in [2.05, 4.69) is 42.7 Å². The first-order valence-corrected chi connectivity index (χ1v) is 22.9. The fourth-order valence-corrected chi connectivity index (χ4v) is 6.58. The predicted octanol–water partition coefficient (Wildman–Crippen LogP) is 11.1. The molecule has 0 saturated carbocycles. The van der Waals surface area contributed by atoms with Crippen LogP contribution in [-0.2, 0) is 37.5 Å². The SMILES string of the molecule is CCCCC/C=C/C/C=C/CCCCCCCCCCCC(=O)OC[C@@H](COP(=O)(O)OC[C@@H](N)C(=O)O)OC(=O)CCCCCCCCCCCCC. The van der Waals surface area contributed by atoms with Crippen LogP contribution in [0.4, 0.5) is 0 Å². The van der Waals surface area contributed by atoms with Crippen LogP contribution in [0.15, 0.2) is 24.3 Å². The molecule has 0 heterocycles. The number of nitrogens with two attached hydrogens (primary N) is 1. The summed E-state index contributed by atoms with van der Waals surface area (Å²) in [6.45, 7) is 2.77. The van der Waals surface area contributed by atoms with Crippen molar-refractivity contribution in [3.8, 4) is 0 Å². The van der Waals surface area contributed by atoms with Crippen LogP contribution in [0, 0.1) is 0 Å². The minimum atomic E-state index is -4.71. The molecule has 0 fully saturated rings. The Bertz CT molecular complexity index is 1020. The average molecular weight is 788 g/mol. The number of carboxylic acids is 1. The van der Waals surface area contributed by atoms with E-state index in [4.69, 9.17) is 24.8 Å². The van der Waals surface area contributed by atoms with Gasteiger partial charge in [0, 0.05) is 12.8 Å². The normalized spacial score (nSPS) is 14.0. The van der Waals surface area contributed by atoms with Gasteiger partial charge in [-0.3, -0.25) is 23.4 Å². The molecule has 54 heavy (non-hydrogen) atoms. The third kappa shape index (κ3) is 36.9. The molecule has 0 aliphatic carbocycles. The molecule has 0 saturated heterocycles. The quantitative estimate of drug-likeness (QED) is 0.0233. The molecule has 0 spiro atoms. The number of aliphatic carboxylic acids is 1. The van der Waals surface area contributed by atoms with Crippen molar-refractivity contribution >= 4 is 25.7 Å². The molecule has 0 aromatic carbocycles. The smallest absolute Gasteiger partial charge is 0.472 e. The summed E-state index contributed by atoms with van der Waals surface area (Å²) in [5.41, 5.74) is 5.32. The van der Waals surface area contributed by atoms with E-state index in [0.717, 1.165) is 51.4 Å². The Balaban J connectivity index is 4.30. The summed E-state index contributed by atoms with van der Waals surface area (Å²) >= 11 is 0. The highest BCUT2D eigenvalue weighted by Crippen LogP contribution is 2.43. The molecule has 0 aromatic heterocycles. The second-order valence-electron chi connectivity index (χ2n) is 14.5. The Morgan fingerprint density at radius 3 is 1.48 bits per heavy atom. The van der Waals surface area contributed by atoms with Crippen molar-refractivity contribution < 1.29 is 47.5 Å². The molecule has 0 bridgehead atoms. The molecule has 11 nitrogen and oxygen atoms in total. The van der Waals surface area contributed by atoms with Gasteiger partial charge >= 0.3 is 25.7 Å². The van der Waals surface area contributed by atoms with Gasteiger partial charge in [-0.25, -0.2) is 4.57 Å². The molecular weight excluding hydrogens is 709 g/mol. The van der Waals surface area contributed by atoms with Crippen LogP contribution in [0.2, 0.25) is 0 Å². The summed E-state index contributed by atoms with van der Waals surface area (Å²) in [6.07, 6.45) is 38.1. The van der Waals surface area contributed by atoms with Gasteiger partial charge < -0.3 is 25.2 Å². The van der Waals surface area contributed by atoms with Crippen molar-refractivity contribution in [2.75, 3.05) is 19.8 Å². The molecule has 12 heteroatoms. The van der Waals surface area contributed by atoms with Crippen LogP contribution in [0.3, 0.4) is 0 Å². The summed E-state index contributed by atoms with van der Waals surface area (Å²) in [4.78, 5) is 45.8. The Labute approximate surface area is 328 Å². The number of phosphoric acid groups is 1. The van der Waals surface area contributed by atoms with E-state index >= 15 is 0 Å². The number of carboxylic acid groups (broad SMARTS) is 1. The number of esters is 2. The first-order valence-electron chi connectivity index (χ1n) is 21.4. The number of carbonyl (C=O) groups is 3. The van der Waals surface area contributed by atoms with Crippen molar-refractivity contribution in [3.05, 3.63) is 24.3 Å². The van der Waals surface area contributed by atoms with Crippen LogP contribution < -0.4 is 5.73 Å². The van der Waals surface area contributed by atoms with Gasteiger partial charge in [0.05, 0.1) is 13.2 Å². The summed E-state index contributed by atoms with van der Waals surface area (Å²) in [7, 11) is -4.71. The maximum atomic E-state index is 12.6. The number of phosphoric ester groups is 1. The number of carbonyl (C=O) groups excluding carboxylic acids is 2. The lowest BCUT2D eigenvalue weighted by Crippen LogP contribution is -2.34. The lowest BCUT2D eigenvalue weighted by molar-refractivity contribution is -0.161. The molecule has 0 aliphatic rings. The van der Waals surface area contributed by atoms with Crippen LogP contribution in [-0.4, -0.2) is 59.9 Å². The molecule has 0 radical (unpaired) electrons. The Hall–Kier alpha value is -2.04. The monoisotopic (exact) mass is 788 g/mol. The highest BCUT2D eigenvalue weighted by Gasteiger charge is 2.28. The molecule has 4 N–H and O–H groups in total. The van der Waals surface area contributed by atoms with Crippen molar-refractivity contribution in [2.45, 2.75) is 206 Å². The minimum absolute atomic E-state index is 0.164. The molecule has 1 unspecified atom stereocenters. The molecule has 316 valence electrons. The zero-order valence-corrected chi connectivity index (χ0v) is 35.0. The van der Waals surface area contributed by atoms with Crippen molar-refractivity contribution in [1.29, 1.82) is 0 Å². The largest absolute Gasteiger partial charge is 0.480 e. The maximum Gasteiger partial charge on any atom is 0.472 e. The van der Waals surface area contributed by atoms with E-state index < -0.39 is 51.1 Å². The van der Waals surface area contributed by atoms with Crippen molar-refractivity contribution in [3.63, 3.8) is 0 Å². The lowest BCUT2D eigenvalue weighted by Gasteiger charge is -2.20. The number of rotatable bonds is 40. The number of hydrogen-bond donors (Lipinski definition) is 3. The average Bonchev–Trinajstić information content (AvgIpc) is 3.14. The first kappa shape index (κ1) is 52.0. The summed E-state index contributed by atoms with van der Waals surface area (Å²) in [6, 6.07) is -1.52. The van der Waals surface area contributed by atoms with Crippen LogP contribution >= 0.6 is 7.82 Å². The Morgan fingerprint density at radius 2 is 0.981 bits per heavy atom. The van der Waals surface area contributed by atoms with Crippen LogP contribution in [0.5, 0.6) is 0 Å². The Morgan fingerprint density at radius 1 is 0.574 bits per heavy atom. The molecule has 3 atom stereocenters. The van der Waals surface area contributed by atoms with Gasteiger partial charge in [-0.15, -0.1) is 0 Å². The Kier molecular flexibility index (Phi) is 36.4. The first-order chi connectivity index (χ1) is 26.1. The minimum Gasteiger partial charge on any atom is -0.480 e. The topological polar surface area (TPSA) is 172 Å². The van der Waals surface area contributed by atoms with Crippen molar-refractivity contribution in [2.24, 2.45) is 5.73 Å². The van der Waals surface area contributed by atoms with Gasteiger partial charge in [-0.2, -0.15) is 0 Å². The molecule has 0 aliphatic heterocycles. The fraction of sp³-hybridized carbons (Fsp3) is 0.833. The number of unbranched alkanes of at least 4 members (excludes halogenated alkanes) is 22. The number of ether oxygens (including phenoxy) is 2. The lowest BCUT2D eigenvalue weighted by atomic mass is 10.1. The molecular formula is C42H78NO10P. The zero-order valence-electron chi connectivity index (χ0n) is 34.1. The fourth-order valence-electron chi connectivity index (χ4n) is 5.80. The van der Waals surface area contributed by atoms with E-state index in [0.29, 0.717) is 12.8 Å². The van der Waals surface area contributed by atoms with E-state index in [1.165, 1.54) is 103 Å². The summed E-state index contributed by atoms with van der Waals surface area (Å²) < 4.78 is 32.6. The van der Waals surface area contributed by atoms with E-state index in [9.17, 15) is 23.8 Å². The maximum absolute atomic E-state index is 12.6. The van der Waals surface area contributed by atoms with Crippen LogP contribution in [0.1, 0.15) is 194 Å². The van der Waals surface area contributed by atoms with E-state index in [1.807, 2.05) is 0 Å². The predicted molar refractivity (Wildman–Crippen MR) is 217 cm³/mol. The highest BCUT2D eigenvalue weighted by molar-refractivity contribution is 7.47. The summed E-state index contributed by atoms with van der Waals surface area (Å²) in [5, 5.41) is 8.87. The van der Waals surface area contributed by atoms with E-state index in [-0.39, 0.29) is 19.4 Å². The van der Waals surface area contributed by atoms with Gasteiger partial charge in [-0.05, 0) is 44.9 Å². The molecule has 0 rings (SSSR count). The second-order valence-corrected chi connectivity index (χ2v) is 15.9. The van der Waals surface area contributed by atoms with Gasteiger partial charge in [-0.1, -0.05) is 160 Å². The third-order valence-electron chi connectivity index (χ3n) is 9.20. The number of allylic oxidation sites excluding steroid dienone is 4. The summed E-state index contributed by atoms with van der Waals surface area (Å²) in [5.74, 6) is -2.38. The van der Waals surface area contributed by atoms with Gasteiger partial charge in [0.25, 0.3) is 0 Å². The van der Waals surface area contributed by atoms with Gasteiger partial charge in [0.15, 0.2) is 6.10 Å². The van der Waals surface area contributed by atoms with Gasteiger partial charge in [0.1, 0.15) is 12.6 Å². The second kappa shape index (κ2) is 37.9. The van der Waals surface area contributed by atoms with Crippen molar-refractivity contribution in [1.82, 2.24) is 0 Å². The highest BCUT2D eigenvalue weighted by atomic mass is 31.2. The molecule has 0 amide bonds. The van der Waals surface area contributed by atoms with Crippen LogP contribution in [0.25, 0.3) is 0 Å². The zero-order chi connectivity index (χ0) is 40.0. The number of hydrogen-bond acceptors (Lipinski definition) is 9. The standard InChI is InChI=1S/C42H78NO10P/c1-3-5-7-9-11-13-15-16-17-18-19-20-21-22-24-25-27-29-31-33-40(44)50-35-38(36-51-54(48,49)52-37-39(43)42(46)47)53-41(45)34-32-30-28-26-23-14-12-10-8-6-4-2/h11,13,16-17,38-39H,3-10,12,14-15,18-37,43H2,1-2H3,(H,46,47)(H,48,49)/b13-11+,17-16+/t38-,39+/m0/s1. The van der Waals surface area contributed by atoms with Gasteiger partial charge in [0.2, 0.25) is 0 Å².